The van der Waals surface area contributed by atoms with Crippen molar-refractivity contribution in [2.45, 2.75) is 18.6 Å². The van der Waals surface area contributed by atoms with E-state index in [9.17, 15) is 0 Å². The molecule has 0 amide bonds. The van der Waals surface area contributed by atoms with Gasteiger partial charge in [-0.25, -0.2) is 10.9 Å². The highest BCUT2D eigenvalue weighted by Gasteiger charge is 2.23. The van der Waals surface area contributed by atoms with Crippen LogP contribution >= 0.6 is 0 Å². The fourth-order valence-electron chi connectivity index (χ4n) is 2.17. The minimum Gasteiger partial charge on any atom is -0.361 e. The lowest BCUT2D eigenvalue weighted by Crippen LogP contribution is -2.36. The Morgan fingerprint density at radius 3 is 2.87 bits per heavy atom. The third kappa shape index (κ3) is 1.43. The van der Waals surface area contributed by atoms with Gasteiger partial charge in [0.2, 0.25) is 0 Å². The molecule has 0 saturated carbocycles. The maximum atomic E-state index is 5.79. The van der Waals surface area contributed by atoms with Crippen LogP contribution in [0.1, 0.15) is 18.0 Å². The first-order valence-electron chi connectivity index (χ1n) is 5.17. The van der Waals surface area contributed by atoms with Crippen molar-refractivity contribution in [2.75, 3.05) is 0 Å². The van der Waals surface area contributed by atoms with E-state index in [0.29, 0.717) is 6.04 Å². The van der Waals surface area contributed by atoms with E-state index in [1.165, 1.54) is 16.5 Å². The molecule has 5 N–H and O–H groups in total. The molecule has 4 nitrogen and oxygen atoms in total. The molecular weight excluding hydrogens is 188 g/mol. The maximum absolute atomic E-state index is 5.79. The summed E-state index contributed by atoms with van der Waals surface area (Å²) in [4.78, 5) is 3.27. The predicted octanol–water partition coefficient (Wildman–Crippen LogP) is 0.992. The topological polar surface area (TPSA) is 65.9 Å². The van der Waals surface area contributed by atoms with Gasteiger partial charge in [0, 0.05) is 17.1 Å². The van der Waals surface area contributed by atoms with Crippen LogP contribution in [0.4, 0.5) is 0 Å². The van der Waals surface area contributed by atoms with Crippen molar-refractivity contribution in [1.29, 1.82) is 0 Å². The molecule has 0 radical (unpaired) electrons. The van der Waals surface area contributed by atoms with Gasteiger partial charge >= 0.3 is 0 Å². The van der Waals surface area contributed by atoms with Crippen LogP contribution in [0.3, 0.4) is 0 Å². The SMILES string of the molecule is NC1CC(c2c[nH]c3ccccc23)NN1. The van der Waals surface area contributed by atoms with Gasteiger partial charge in [0.05, 0.1) is 12.2 Å². The van der Waals surface area contributed by atoms with Crippen LogP contribution in [-0.2, 0) is 0 Å². The van der Waals surface area contributed by atoms with Crippen molar-refractivity contribution >= 4 is 10.9 Å². The Bertz CT molecular complexity index is 476. The van der Waals surface area contributed by atoms with Crippen molar-refractivity contribution in [3.63, 3.8) is 0 Å². The van der Waals surface area contributed by atoms with Gasteiger partial charge in [0.25, 0.3) is 0 Å². The zero-order valence-electron chi connectivity index (χ0n) is 8.33. The van der Waals surface area contributed by atoms with Crippen molar-refractivity contribution in [3.8, 4) is 0 Å². The average molecular weight is 202 g/mol. The standard InChI is InChI=1S/C11H14N4/c12-11-5-10(14-15-11)8-6-13-9-4-2-1-3-7(8)9/h1-4,6,10-11,13-15H,5,12H2. The fraction of sp³-hybridized carbons (Fsp3) is 0.273. The van der Waals surface area contributed by atoms with Gasteiger partial charge in [0.1, 0.15) is 0 Å². The van der Waals surface area contributed by atoms with E-state index in [4.69, 9.17) is 5.73 Å². The number of aromatic nitrogens is 1. The zero-order chi connectivity index (χ0) is 10.3. The molecule has 2 atom stereocenters. The summed E-state index contributed by atoms with van der Waals surface area (Å²) in [6, 6.07) is 8.61. The molecule has 0 spiro atoms. The number of fused-ring (bicyclic) bond motifs is 1. The molecule has 2 heterocycles. The molecule has 1 aromatic carbocycles. The summed E-state index contributed by atoms with van der Waals surface area (Å²) < 4.78 is 0. The number of para-hydroxylation sites is 1. The molecule has 1 saturated heterocycles. The van der Waals surface area contributed by atoms with Crippen LogP contribution in [-0.4, -0.2) is 11.1 Å². The molecule has 15 heavy (non-hydrogen) atoms. The summed E-state index contributed by atoms with van der Waals surface area (Å²) in [6.45, 7) is 0. The Kier molecular flexibility index (Phi) is 1.98. The van der Waals surface area contributed by atoms with Crippen molar-refractivity contribution in [2.24, 2.45) is 5.73 Å². The Balaban J connectivity index is 2.04. The number of rotatable bonds is 1. The first-order chi connectivity index (χ1) is 7.34. The van der Waals surface area contributed by atoms with Gasteiger partial charge in [-0.3, -0.25) is 0 Å². The number of nitrogens with two attached hydrogens (primary N) is 1. The van der Waals surface area contributed by atoms with E-state index in [1.54, 1.807) is 0 Å². The minimum atomic E-state index is 0.0451. The number of nitrogens with one attached hydrogen (secondary N) is 3. The van der Waals surface area contributed by atoms with Gasteiger partial charge in [-0.1, -0.05) is 18.2 Å². The number of hydrogen-bond acceptors (Lipinski definition) is 3. The number of H-pyrrole nitrogens is 1. The van der Waals surface area contributed by atoms with E-state index >= 15 is 0 Å². The van der Waals surface area contributed by atoms with Gasteiger partial charge < -0.3 is 10.7 Å². The molecule has 1 aliphatic rings. The predicted molar refractivity (Wildman–Crippen MR) is 59.9 cm³/mol. The molecule has 3 rings (SSSR count). The van der Waals surface area contributed by atoms with Crippen LogP contribution < -0.4 is 16.6 Å². The lowest BCUT2D eigenvalue weighted by atomic mass is 10.0. The lowest BCUT2D eigenvalue weighted by molar-refractivity contribution is 0.553. The highest BCUT2D eigenvalue weighted by molar-refractivity contribution is 5.83. The third-order valence-electron chi connectivity index (χ3n) is 2.93. The molecule has 4 heteroatoms. The molecule has 2 aromatic rings. The second-order valence-electron chi connectivity index (χ2n) is 3.97. The van der Waals surface area contributed by atoms with E-state index in [-0.39, 0.29) is 6.17 Å². The highest BCUT2D eigenvalue weighted by Crippen LogP contribution is 2.27. The van der Waals surface area contributed by atoms with E-state index in [2.05, 4.69) is 40.2 Å². The van der Waals surface area contributed by atoms with Crippen LogP contribution in [0.25, 0.3) is 10.9 Å². The monoisotopic (exact) mass is 202 g/mol. The molecular formula is C11H14N4. The number of aromatic amines is 1. The average Bonchev–Trinajstić information content (AvgIpc) is 2.83. The maximum Gasteiger partial charge on any atom is 0.0698 e. The summed E-state index contributed by atoms with van der Waals surface area (Å²) in [7, 11) is 0. The molecule has 0 bridgehead atoms. The Morgan fingerprint density at radius 2 is 2.07 bits per heavy atom. The lowest BCUT2D eigenvalue weighted by Gasteiger charge is -2.07. The van der Waals surface area contributed by atoms with E-state index in [1.807, 2.05) is 6.07 Å². The number of hydrazine groups is 1. The summed E-state index contributed by atoms with van der Waals surface area (Å²) in [6.07, 6.45) is 3.02. The number of benzene rings is 1. The van der Waals surface area contributed by atoms with E-state index < -0.39 is 0 Å². The minimum absolute atomic E-state index is 0.0451. The normalized spacial score (nSPS) is 26.2. The van der Waals surface area contributed by atoms with Crippen LogP contribution in [0.5, 0.6) is 0 Å². The van der Waals surface area contributed by atoms with Gasteiger partial charge in [-0.2, -0.15) is 0 Å². The smallest absolute Gasteiger partial charge is 0.0698 e. The first-order valence-corrected chi connectivity index (χ1v) is 5.17. The Labute approximate surface area is 87.8 Å². The summed E-state index contributed by atoms with van der Waals surface area (Å²) in [5.41, 5.74) is 14.5. The molecule has 1 fully saturated rings. The van der Waals surface area contributed by atoms with Crippen molar-refractivity contribution in [3.05, 3.63) is 36.0 Å². The van der Waals surface area contributed by atoms with Crippen LogP contribution in [0.2, 0.25) is 0 Å². The summed E-state index contributed by atoms with van der Waals surface area (Å²) in [5.74, 6) is 0. The van der Waals surface area contributed by atoms with Gasteiger partial charge in [-0.05, 0) is 18.1 Å². The second kappa shape index (κ2) is 3.34. The second-order valence-corrected chi connectivity index (χ2v) is 3.97. The van der Waals surface area contributed by atoms with Gasteiger partial charge in [-0.15, -0.1) is 0 Å². The summed E-state index contributed by atoms with van der Waals surface area (Å²) in [5, 5.41) is 1.27. The molecule has 1 aliphatic heterocycles. The molecule has 2 unspecified atom stereocenters. The van der Waals surface area contributed by atoms with E-state index in [0.717, 1.165) is 6.42 Å². The molecule has 1 aromatic heterocycles. The Morgan fingerprint density at radius 1 is 1.20 bits per heavy atom. The molecule has 0 aliphatic carbocycles. The molecule has 78 valence electrons. The third-order valence-corrected chi connectivity index (χ3v) is 2.93. The van der Waals surface area contributed by atoms with Gasteiger partial charge in [0.15, 0.2) is 0 Å². The largest absolute Gasteiger partial charge is 0.361 e. The number of hydrogen-bond donors (Lipinski definition) is 4. The van der Waals surface area contributed by atoms with Crippen molar-refractivity contribution < 1.29 is 0 Å². The fourth-order valence-corrected chi connectivity index (χ4v) is 2.17. The highest BCUT2D eigenvalue weighted by atomic mass is 15.4. The first kappa shape index (κ1) is 8.91. The zero-order valence-corrected chi connectivity index (χ0v) is 8.33. The quantitative estimate of drug-likeness (QED) is 0.557. The Hall–Kier alpha value is -1.36. The summed E-state index contributed by atoms with van der Waals surface area (Å²) >= 11 is 0. The van der Waals surface area contributed by atoms with Crippen LogP contribution in [0.15, 0.2) is 30.5 Å². The van der Waals surface area contributed by atoms with Crippen molar-refractivity contribution in [1.82, 2.24) is 15.8 Å². The van der Waals surface area contributed by atoms with Crippen LogP contribution in [0, 0.1) is 0 Å².